The normalized spacial score (nSPS) is 17.1. The molecule has 1 heterocycles. The second kappa shape index (κ2) is 5.19. The Balaban J connectivity index is 2.01. The van der Waals surface area contributed by atoms with Crippen molar-refractivity contribution < 1.29 is 0 Å². The van der Waals surface area contributed by atoms with Crippen molar-refractivity contribution in [2.24, 2.45) is 5.73 Å². The van der Waals surface area contributed by atoms with E-state index >= 15 is 0 Å². The minimum Gasteiger partial charge on any atom is -0.384 e. The molecule has 0 radical (unpaired) electrons. The van der Waals surface area contributed by atoms with Crippen LogP contribution in [-0.4, -0.2) is 43.5 Å². The Kier molecular flexibility index (Phi) is 3.64. The van der Waals surface area contributed by atoms with Gasteiger partial charge in [-0.25, -0.2) is 0 Å². The molecule has 0 bridgehead atoms. The van der Waals surface area contributed by atoms with Crippen molar-refractivity contribution in [1.82, 2.24) is 4.90 Å². The Morgan fingerprint density at radius 3 is 2.24 bits per heavy atom. The fourth-order valence-corrected chi connectivity index (χ4v) is 2.17. The third-order valence-corrected chi connectivity index (χ3v) is 3.36. The van der Waals surface area contributed by atoms with Gasteiger partial charge in [0.15, 0.2) is 0 Å². The number of benzene rings is 1. The molecule has 0 amide bonds. The number of nitrogens with zero attached hydrogens (tertiary/aromatic N) is 2. The SMILES string of the molecule is CCN1CCN(c2ccc(C(=N)N)cc2)CC1. The summed E-state index contributed by atoms with van der Waals surface area (Å²) in [6.45, 7) is 7.75. The van der Waals surface area contributed by atoms with Gasteiger partial charge in [0.1, 0.15) is 5.84 Å². The Hall–Kier alpha value is -1.55. The number of likely N-dealkylation sites (N-methyl/N-ethyl adjacent to an activating group) is 1. The van der Waals surface area contributed by atoms with Crippen LogP contribution in [0.15, 0.2) is 24.3 Å². The molecule has 1 saturated heterocycles. The lowest BCUT2D eigenvalue weighted by Crippen LogP contribution is -2.46. The number of hydrogen-bond donors (Lipinski definition) is 2. The summed E-state index contributed by atoms with van der Waals surface area (Å²) >= 11 is 0. The maximum Gasteiger partial charge on any atom is 0.122 e. The smallest absolute Gasteiger partial charge is 0.122 e. The van der Waals surface area contributed by atoms with Gasteiger partial charge in [-0.3, -0.25) is 5.41 Å². The molecule has 0 unspecified atom stereocenters. The average Bonchev–Trinajstić information content (AvgIpc) is 2.39. The van der Waals surface area contributed by atoms with Crippen molar-refractivity contribution in [1.29, 1.82) is 5.41 Å². The van der Waals surface area contributed by atoms with Crippen LogP contribution in [0.3, 0.4) is 0 Å². The third kappa shape index (κ3) is 2.77. The van der Waals surface area contributed by atoms with Crippen LogP contribution in [0, 0.1) is 5.41 Å². The van der Waals surface area contributed by atoms with Crippen molar-refractivity contribution in [2.75, 3.05) is 37.6 Å². The number of anilines is 1. The first kappa shape index (κ1) is 11.9. The van der Waals surface area contributed by atoms with E-state index in [2.05, 4.69) is 28.9 Å². The van der Waals surface area contributed by atoms with Crippen LogP contribution < -0.4 is 10.6 Å². The van der Waals surface area contributed by atoms with Gasteiger partial charge in [0.25, 0.3) is 0 Å². The largest absolute Gasteiger partial charge is 0.384 e. The Morgan fingerprint density at radius 2 is 1.76 bits per heavy atom. The summed E-state index contributed by atoms with van der Waals surface area (Å²) in [6, 6.07) is 7.95. The predicted molar refractivity (Wildman–Crippen MR) is 71.8 cm³/mol. The maximum absolute atomic E-state index is 7.36. The van der Waals surface area contributed by atoms with E-state index in [1.54, 1.807) is 0 Å². The number of piperazine rings is 1. The number of rotatable bonds is 3. The number of nitrogens with one attached hydrogen (secondary N) is 1. The van der Waals surface area contributed by atoms with Crippen LogP contribution in [0.1, 0.15) is 12.5 Å². The van der Waals surface area contributed by atoms with Crippen LogP contribution in [0.25, 0.3) is 0 Å². The molecule has 0 aromatic heterocycles. The Bertz CT molecular complexity index is 377. The molecule has 0 atom stereocenters. The lowest BCUT2D eigenvalue weighted by Gasteiger charge is -2.35. The van der Waals surface area contributed by atoms with Gasteiger partial charge < -0.3 is 15.5 Å². The molecule has 4 heteroatoms. The zero-order chi connectivity index (χ0) is 12.3. The van der Waals surface area contributed by atoms with E-state index in [0.717, 1.165) is 38.3 Å². The van der Waals surface area contributed by atoms with Crippen LogP contribution in [0.2, 0.25) is 0 Å². The molecule has 4 nitrogen and oxygen atoms in total. The summed E-state index contributed by atoms with van der Waals surface area (Å²) < 4.78 is 0. The molecule has 0 aliphatic carbocycles. The number of hydrogen-bond acceptors (Lipinski definition) is 3. The highest BCUT2D eigenvalue weighted by molar-refractivity contribution is 5.95. The van der Waals surface area contributed by atoms with Crippen LogP contribution >= 0.6 is 0 Å². The fourth-order valence-electron chi connectivity index (χ4n) is 2.17. The third-order valence-electron chi connectivity index (χ3n) is 3.36. The van der Waals surface area contributed by atoms with Gasteiger partial charge in [0.2, 0.25) is 0 Å². The molecule has 0 spiro atoms. The molecular weight excluding hydrogens is 212 g/mol. The molecule has 1 aliphatic heterocycles. The first-order valence-electron chi connectivity index (χ1n) is 6.12. The quantitative estimate of drug-likeness (QED) is 0.606. The van der Waals surface area contributed by atoms with E-state index < -0.39 is 0 Å². The summed E-state index contributed by atoms with van der Waals surface area (Å²) in [5.41, 5.74) is 7.46. The van der Waals surface area contributed by atoms with E-state index in [1.807, 2.05) is 12.1 Å². The average molecular weight is 232 g/mol. The molecule has 1 aromatic carbocycles. The summed E-state index contributed by atoms with van der Waals surface area (Å²) in [5.74, 6) is 0.132. The van der Waals surface area contributed by atoms with E-state index in [-0.39, 0.29) is 5.84 Å². The maximum atomic E-state index is 7.36. The van der Waals surface area contributed by atoms with Crippen LogP contribution in [0.4, 0.5) is 5.69 Å². The van der Waals surface area contributed by atoms with E-state index in [0.29, 0.717) is 0 Å². The lowest BCUT2D eigenvalue weighted by atomic mass is 10.1. The topological polar surface area (TPSA) is 56.4 Å². The fraction of sp³-hybridized carbons (Fsp3) is 0.462. The zero-order valence-corrected chi connectivity index (χ0v) is 10.3. The highest BCUT2D eigenvalue weighted by atomic mass is 15.3. The van der Waals surface area contributed by atoms with Gasteiger partial charge in [-0.05, 0) is 30.8 Å². The van der Waals surface area contributed by atoms with Gasteiger partial charge in [-0.15, -0.1) is 0 Å². The van der Waals surface area contributed by atoms with E-state index in [1.165, 1.54) is 5.69 Å². The van der Waals surface area contributed by atoms with Crippen molar-refractivity contribution in [3.63, 3.8) is 0 Å². The summed E-state index contributed by atoms with van der Waals surface area (Å²) in [6.07, 6.45) is 0. The molecular formula is C13H20N4. The van der Waals surface area contributed by atoms with Crippen LogP contribution in [-0.2, 0) is 0 Å². The van der Waals surface area contributed by atoms with Crippen LogP contribution in [0.5, 0.6) is 0 Å². The van der Waals surface area contributed by atoms with Gasteiger partial charge in [-0.2, -0.15) is 0 Å². The minimum atomic E-state index is 0.132. The van der Waals surface area contributed by atoms with Crippen molar-refractivity contribution >= 4 is 11.5 Å². The highest BCUT2D eigenvalue weighted by Crippen LogP contribution is 2.17. The number of amidine groups is 1. The molecule has 0 saturated carbocycles. The molecule has 92 valence electrons. The summed E-state index contributed by atoms with van der Waals surface area (Å²) in [5, 5.41) is 7.36. The molecule has 3 N–H and O–H groups in total. The summed E-state index contributed by atoms with van der Waals surface area (Å²) in [7, 11) is 0. The predicted octanol–water partition coefficient (Wildman–Crippen LogP) is 1.11. The summed E-state index contributed by atoms with van der Waals surface area (Å²) in [4.78, 5) is 4.84. The number of nitrogen functional groups attached to an aromatic ring is 1. The zero-order valence-electron chi connectivity index (χ0n) is 10.3. The standard InChI is InChI=1S/C13H20N4/c1-2-16-7-9-17(10-8-16)12-5-3-11(4-6-12)13(14)15/h3-6H,2,7-10H2,1H3,(H3,14,15). The van der Waals surface area contributed by atoms with Gasteiger partial charge in [-0.1, -0.05) is 6.92 Å². The highest BCUT2D eigenvalue weighted by Gasteiger charge is 2.15. The van der Waals surface area contributed by atoms with Gasteiger partial charge >= 0.3 is 0 Å². The number of nitrogens with two attached hydrogens (primary N) is 1. The Labute approximate surface area is 103 Å². The molecule has 2 rings (SSSR count). The first-order valence-corrected chi connectivity index (χ1v) is 6.12. The van der Waals surface area contributed by atoms with Gasteiger partial charge in [0.05, 0.1) is 0 Å². The monoisotopic (exact) mass is 232 g/mol. The second-order valence-corrected chi connectivity index (χ2v) is 4.38. The first-order chi connectivity index (χ1) is 8.20. The minimum absolute atomic E-state index is 0.132. The van der Waals surface area contributed by atoms with E-state index in [4.69, 9.17) is 11.1 Å². The van der Waals surface area contributed by atoms with Crippen molar-refractivity contribution in [3.8, 4) is 0 Å². The van der Waals surface area contributed by atoms with Gasteiger partial charge in [0, 0.05) is 37.4 Å². The lowest BCUT2D eigenvalue weighted by molar-refractivity contribution is 0.271. The molecule has 1 aromatic rings. The molecule has 1 aliphatic rings. The second-order valence-electron chi connectivity index (χ2n) is 4.38. The molecule has 1 fully saturated rings. The van der Waals surface area contributed by atoms with Crippen molar-refractivity contribution in [2.45, 2.75) is 6.92 Å². The molecule has 17 heavy (non-hydrogen) atoms. The van der Waals surface area contributed by atoms with Crippen molar-refractivity contribution in [3.05, 3.63) is 29.8 Å². The Morgan fingerprint density at radius 1 is 1.18 bits per heavy atom. The van der Waals surface area contributed by atoms with E-state index in [9.17, 15) is 0 Å².